The fourth-order valence-corrected chi connectivity index (χ4v) is 4.07. The summed E-state index contributed by atoms with van der Waals surface area (Å²) in [6.45, 7) is 3.17. The second-order valence-corrected chi connectivity index (χ2v) is 6.58. The summed E-state index contributed by atoms with van der Waals surface area (Å²) in [6.07, 6.45) is -0.836. The molecule has 0 aliphatic carbocycles. The molecule has 1 aromatic rings. The SMILES string of the molecule is CC1OC2(C)OC(=N)C1(C#N)C(C#N)(C#N)C2c1ccc(Cl)cc1. The van der Waals surface area contributed by atoms with E-state index in [1.54, 1.807) is 38.1 Å². The molecule has 6 nitrogen and oxygen atoms in total. The van der Waals surface area contributed by atoms with Crippen LogP contribution in [-0.4, -0.2) is 17.8 Å². The van der Waals surface area contributed by atoms with Crippen molar-refractivity contribution in [3.05, 3.63) is 34.9 Å². The van der Waals surface area contributed by atoms with E-state index in [0.717, 1.165) is 0 Å². The highest BCUT2D eigenvalue weighted by Crippen LogP contribution is 2.65. The highest BCUT2D eigenvalue weighted by Gasteiger charge is 2.78. The number of hydrogen-bond donors (Lipinski definition) is 1. The molecule has 0 saturated carbocycles. The smallest absolute Gasteiger partial charge is 0.219 e. The maximum Gasteiger partial charge on any atom is 0.219 e. The van der Waals surface area contributed by atoms with Gasteiger partial charge in [0.2, 0.25) is 11.7 Å². The first-order valence-corrected chi connectivity index (χ1v) is 7.64. The van der Waals surface area contributed by atoms with Crippen LogP contribution in [0.3, 0.4) is 0 Å². The zero-order chi connectivity index (χ0) is 17.8. The predicted octanol–water partition coefficient (Wildman–Crippen LogP) is 3.11. The number of nitrogens with one attached hydrogen (secondary N) is 1. The summed E-state index contributed by atoms with van der Waals surface area (Å²) in [5, 5.41) is 38.4. The van der Waals surface area contributed by atoms with E-state index in [9.17, 15) is 15.8 Å². The Morgan fingerprint density at radius 3 is 2.17 bits per heavy atom. The molecule has 0 spiro atoms. The molecule has 2 bridgehead atoms. The minimum Gasteiger partial charge on any atom is -0.447 e. The number of hydrogen-bond acceptors (Lipinski definition) is 6. The highest BCUT2D eigenvalue weighted by molar-refractivity contribution is 6.30. The van der Waals surface area contributed by atoms with Crippen molar-refractivity contribution in [1.29, 1.82) is 21.2 Å². The predicted molar refractivity (Wildman–Crippen MR) is 83.7 cm³/mol. The van der Waals surface area contributed by atoms with Crippen molar-refractivity contribution in [2.24, 2.45) is 10.8 Å². The molecular weight excluding hydrogens is 328 g/mol. The van der Waals surface area contributed by atoms with E-state index < -0.39 is 34.5 Å². The Morgan fingerprint density at radius 2 is 1.71 bits per heavy atom. The molecule has 3 heterocycles. The Balaban J connectivity index is 2.35. The lowest BCUT2D eigenvalue weighted by Crippen LogP contribution is -2.73. The lowest BCUT2D eigenvalue weighted by atomic mass is 9.50. The Morgan fingerprint density at radius 1 is 1.12 bits per heavy atom. The van der Waals surface area contributed by atoms with Crippen LogP contribution in [0.2, 0.25) is 5.02 Å². The third kappa shape index (κ3) is 1.64. The lowest BCUT2D eigenvalue weighted by Gasteiger charge is -2.60. The lowest BCUT2D eigenvalue weighted by molar-refractivity contribution is -0.315. The van der Waals surface area contributed by atoms with Gasteiger partial charge in [0.1, 0.15) is 0 Å². The largest absolute Gasteiger partial charge is 0.447 e. The highest BCUT2D eigenvalue weighted by atomic mass is 35.5. The van der Waals surface area contributed by atoms with Gasteiger partial charge in [-0.1, -0.05) is 23.7 Å². The Labute approximate surface area is 144 Å². The molecule has 4 rings (SSSR count). The second kappa shape index (κ2) is 4.95. The van der Waals surface area contributed by atoms with Gasteiger partial charge in [0, 0.05) is 11.9 Å². The van der Waals surface area contributed by atoms with Crippen LogP contribution in [0.5, 0.6) is 0 Å². The van der Waals surface area contributed by atoms with E-state index in [2.05, 4.69) is 0 Å². The summed E-state index contributed by atoms with van der Waals surface area (Å²) in [5.74, 6) is -2.68. The van der Waals surface area contributed by atoms with Crippen molar-refractivity contribution in [2.45, 2.75) is 31.7 Å². The summed E-state index contributed by atoms with van der Waals surface area (Å²) in [7, 11) is 0. The first kappa shape index (κ1) is 16.3. The zero-order valence-corrected chi connectivity index (χ0v) is 13.8. The molecule has 1 N–H and O–H groups in total. The Kier molecular flexibility index (Phi) is 3.36. The molecule has 1 aromatic carbocycles. The maximum atomic E-state index is 9.94. The van der Waals surface area contributed by atoms with Gasteiger partial charge in [-0.2, -0.15) is 15.8 Å². The fourth-order valence-electron chi connectivity index (χ4n) is 3.95. The quantitative estimate of drug-likeness (QED) is 0.843. The molecule has 4 atom stereocenters. The van der Waals surface area contributed by atoms with Crippen LogP contribution in [0.15, 0.2) is 24.3 Å². The van der Waals surface area contributed by atoms with Crippen LogP contribution in [0.1, 0.15) is 25.3 Å². The van der Waals surface area contributed by atoms with Crippen LogP contribution in [0.25, 0.3) is 0 Å². The zero-order valence-electron chi connectivity index (χ0n) is 13.0. The summed E-state index contributed by atoms with van der Waals surface area (Å²) >= 11 is 5.93. The van der Waals surface area contributed by atoms with Crippen LogP contribution in [0.4, 0.5) is 0 Å². The van der Waals surface area contributed by atoms with Gasteiger partial charge < -0.3 is 9.47 Å². The topological polar surface area (TPSA) is 114 Å². The summed E-state index contributed by atoms with van der Waals surface area (Å²) in [4.78, 5) is 0. The van der Waals surface area contributed by atoms with Gasteiger partial charge in [0.05, 0.1) is 30.2 Å². The number of benzene rings is 1. The molecule has 3 aliphatic heterocycles. The van der Waals surface area contributed by atoms with Crippen molar-refractivity contribution in [1.82, 2.24) is 0 Å². The van der Waals surface area contributed by atoms with Gasteiger partial charge in [-0.05, 0) is 24.6 Å². The Hall–Kier alpha value is -2.59. The molecule has 3 saturated heterocycles. The number of halogens is 1. The second-order valence-electron chi connectivity index (χ2n) is 6.14. The fraction of sp³-hybridized carbons (Fsp3) is 0.412. The third-order valence-electron chi connectivity index (χ3n) is 5.00. The van der Waals surface area contributed by atoms with Gasteiger partial charge in [0.15, 0.2) is 10.8 Å². The van der Waals surface area contributed by atoms with Crippen molar-refractivity contribution >= 4 is 17.5 Å². The molecule has 3 fully saturated rings. The average molecular weight is 341 g/mol. The number of fused-ring (bicyclic) bond motifs is 3. The van der Waals surface area contributed by atoms with Crippen LogP contribution in [-0.2, 0) is 9.47 Å². The van der Waals surface area contributed by atoms with Gasteiger partial charge in [0.25, 0.3) is 0 Å². The summed E-state index contributed by atoms with van der Waals surface area (Å²) < 4.78 is 11.5. The minimum absolute atomic E-state index is 0.403. The molecule has 0 aromatic heterocycles. The normalized spacial score (nSPS) is 36.1. The van der Waals surface area contributed by atoms with Gasteiger partial charge >= 0.3 is 0 Å². The standard InChI is InChI=1S/C17H13ClN4O2/c1-10-17(9-21)14(22)24-15(2,23-10)13(16(17,7-19)8-20)11-3-5-12(18)6-4-11/h3-6,10,13,22H,1-2H3. The first-order chi connectivity index (χ1) is 11.3. The summed E-state index contributed by atoms with van der Waals surface area (Å²) in [5.41, 5.74) is -3.04. The average Bonchev–Trinajstić information content (AvgIpc) is 2.54. The van der Waals surface area contributed by atoms with E-state index >= 15 is 0 Å². The number of ether oxygens (including phenoxy) is 2. The van der Waals surface area contributed by atoms with Crippen LogP contribution in [0, 0.1) is 50.2 Å². The van der Waals surface area contributed by atoms with E-state index in [-0.39, 0.29) is 0 Å². The van der Waals surface area contributed by atoms with Crippen LogP contribution < -0.4 is 0 Å². The van der Waals surface area contributed by atoms with Gasteiger partial charge in [-0.15, -0.1) is 0 Å². The molecule has 4 unspecified atom stereocenters. The van der Waals surface area contributed by atoms with Crippen molar-refractivity contribution < 1.29 is 9.47 Å². The molecule has 7 heteroatoms. The number of nitriles is 3. The molecule has 120 valence electrons. The van der Waals surface area contributed by atoms with Crippen molar-refractivity contribution in [2.75, 3.05) is 0 Å². The number of nitrogens with zero attached hydrogens (tertiary/aromatic N) is 3. The molecule has 24 heavy (non-hydrogen) atoms. The van der Waals surface area contributed by atoms with Crippen molar-refractivity contribution in [3.63, 3.8) is 0 Å². The van der Waals surface area contributed by atoms with E-state index in [4.69, 9.17) is 26.5 Å². The Bertz CT molecular complexity index is 833. The maximum absolute atomic E-state index is 9.94. The first-order valence-electron chi connectivity index (χ1n) is 7.26. The molecule has 0 amide bonds. The minimum atomic E-state index is -1.82. The van der Waals surface area contributed by atoms with Gasteiger partial charge in [-0.3, -0.25) is 5.41 Å². The molecule has 0 radical (unpaired) electrons. The molecular formula is C17H13ClN4O2. The van der Waals surface area contributed by atoms with Crippen LogP contribution >= 0.6 is 11.6 Å². The van der Waals surface area contributed by atoms with E-state index in [1.165, 1.54) is 0 Å². The van der Waals surface area contributed by atoms with E-state index in [1.807, 2.05) is 18.2 Å². The molecule has 3 aliphatic rings. The van der Waals surface area contributed by atoms with Crippen molar-refractivity contribution in [3.8, 4) is 18.2 Å². The third-order valence-corrected chi connectivity index (χ3v) is 5.25. The number of rotatable bonds is 1. The monoisotopic (exact) mass is 340 g/mol. The summed E-state index contributed by atoms with van der Waals surface area (Å²) in [6, 6.07) is 12.6. The van der Waals surface area contributed by atoms with E-state index in [0.29, 0.717) is 10.6 Å². The van der Waals surface area contributed by atoms with Gasteiger partial charge in [-0.25, -0.2) is 0 Å².